The molecule has 0 bridgehead atoms. The van der Waals surface area contributed by atoms with Gasteiger partial charge in [-0.3, -0.25) is 0 Å². The Kier molecular flexibility index (Phi) is 8.87. The van der Waals surface area contributed by atoms with Crippen molar-refractivity contribution < 1.29 is 0 Å². The fourth-order valence-electron chi connectivity index (χ4n) is 10.2. The van der Waals surface area contributed by atoms with Gasteiger partial charge >= 0.3 is 0 Å². The molecule has 62 heavy (non-hydrogen) atoms. The predicted octanol–water partition coefficient (Wildman–Crippen LogP) is 16.6. The van der Waals surface area contributed by atoms with Gasteiger partial charge in [0.1, 0.15) is 0 Å². The first-order valence-electron chi connectivity index (χ1n) is 21.8. The Balaban J connectivity index is 0.897. The molecular formula is C60H48N2. The van der Waals surface area contributed by atoms with Gasteiger partial charge in [0, 0.05) is 44.7 Å². The van der Waals surface area contributed by atoms with Gasteiger partial charge in [-0.05, 0) is 128 Å². The SMILES string of the molecule is CC1(C)c2cc(C=Cc3ccc4c(c3)C(C)(C)c3cc(N(c5ccccc5)c5cccc6ccccc56)ccc3-4)ccc2-c2ccc(N(c3ccccc3)c3ccccc3)cc21. The minimum atomic E-state index is -0.176. The van der Waals surface area contributed by atoms with E-state index in [0.29, 0.717) is 0 Å². The Morgan fingerprint density at radius 2 is 0.710 bits per heavy atom. The zero-order valence-electron chi connectivity index (χ0n) is 35.7. The molecule has 298 valence electrons. The molecular weight excluding hydrogens is 749 g/mol. The second kappa shape index (κ2) is 14.6. The van der Waals surface area contributed by atoms with Crippen LogP contribution in [0.25, 0.3) is 45.2 Å². The van der Waals surface area contributed by atoms with Crippen LogP contribution in [0.4, 0.5) is 34.1 Å². The van der Waals surface area contributed by atoms with Crippen LogP contribution in [0.2, 0.25) is 0 Å². The van der Waals surface area contributed by atoms with Crippen molar-refractivity contribution in [1.82, 2.24) is 0 Å². The molecule has 2 aliphatic rings. The zero-order chi connectivity index (χ0) is 42.0. The Labute approximate surface area is 365 Å². The van der Waals surface area contributed by atoms with Gasteiger partial charge in [0.2, 0.25) is 0 Å². The van der Waals surface area contributed by atoms with Gasteiger partial charge in [0.05, 0.1) is 5.69 Å². The number of anilines is 6. The van der Waals surface area contributed by atoms with E-state index in [1.165, 1.54) is 77.8 Å². The van der Waals surface area contributed by atoms with Crippen LogP contribution in [0.15, 0.2) is 206 Å². The first-order valence-corrected chi connectivity index (χ1v) is 21.8. The fourth-order valence-corrected chi connectivity index (χ4v) is 10.2. The fraction of sp³-hybridized carbons (Fsp3) is 0.100. The molecule has 0 atom stereocenters. The van der Waals surface area contributed by atoms with Crippen LogP contribution in [0.3, 0.4) is 0 Å². The van der Waals surface area contributed by atoms with Crippen molar-refractivity contribution in [2.24, 2.45) is 0 Å². The molecule has 0 fully saturated rings. The summed E-state index contributed by atoms with van der Waals surface area (Å²) in [5, 5.41) is 2.47. The summed E-state index contributed by atoms with van der Waals surface area (Å²) in [6, 6.07) is 75.4. The lowest BCUT2D eigenvalue weighted by Crippen LogP contribution is -2.17. The summed E-state index contributed by atoms with van der Waals surface area (Å²) in [5.41, 5.74) is 19.7. The van der Waals surface area contributed by atoms with Crippen LogP contribution < -0.4 is 9.80 Å². The standard InChI is InChI=1S/C60H48N2/c1-59(2)54-37-41(29-33-50(54)52-35-31-47(39-56(52)59)61(44-19-8-5-9-20-44)45-21-10-6-11-22-45)27-28-42-30-34-51-53-36-32-48(40-57(53)60(3,4)55(51)38-42)62(46-23-12-7-13-24-46)58-26-16-18-43-17-14-15-25-49(43)58/h5-40H,1-4H3. The predicted molar refractivity (Wildman–Crippen MR) is 264 cm³/mol. The molecule has 0 amide bonds. The average molecular weight is 797 g/mol. The minimum absolute atomic E-state index is 0.157. The molecule has 9 aromatic carbocycles. The molecule has 0 spiro atoms. The molecule has 2 heteroatoms. The first kappa shape index (κ1) is 37.6. The van der Waals surface area contributed by atoms with E-state index in [0.717, 1.165) is 22.7 Å². The van der Waals surface area contributed by atoms with Crippen LogP contribution in [0.5, 0.6) is 0 Å². The molecule has 0 saturated carbocycles. The third-order valence-electron chi connectivity index (χ3n) is 13.4. The highest BCUT2D eigenvalue weighted by Gasteiger charge is 2.37. The van der Waals surface area contributed by atoms with Crippen molar-refractivity contribution in [2.75, 3.05) is 9.80 Å². The van der Waals surface area contributed by atoms with E-state index in [1.807, 2.05) is 0 Å². The van der Waals surface area contributed by atoms with Crippen molar-refractivity contribution >= 4 is 57.0 Å². The highest BCUT2D eigenvalue weighted by atomic mass is 15.1. The molecule has 0 radical (unpaired) electrons. The first-order chi connectivity index (χ1) is 30.3. The van der Waals surface area contributed by atoms with Gasteiger partial charge in [0.25, 0.3) is 0 Å². The molecule has 0 heterocycles. The van der Waals surface area contributed by atoms with E-state index < -0.39 is 0 Å². The summed E-state index contributed by atoms with van der Waals surface area (Å²) in [6.45, 7) is 9.50. The van der Waals surface area contributed by atoms with Crippen molar-refractivity contribution in [2.45, 2.75) is 38.5 Å². The Bertz CT molecular complexity index is 3130. The van der Waals surface area contributed by atoms with E-state index in [4.69, 9.17) is 0 Å². The van der Waals surface area contributed by atoms with E-state index in [2.05, 4.69) is 256 Å². The Morgan fingerprint density at radius 3 is 1.21 bits per heavy atom. The van der Waals surface area contributed by atoms with Crippen LogP contribution in [-0.4, -0.2) is 0 Å². The number of hydrogen-bond donors (Lipinski definition) is 0. The van der Waals surface area contributed by atoms with E-state index >= 15 is 0 Å². The van der Waals surface area contributed by atoms with Gasteiger partial charge in [-0.15, -0.1) is 0 Å². The molecule has 0 unspecified atom stereocenters. The van der Waals surface area contributed by atoms with Gasteiger partial charge in [-0.25, -0.2) is 0 Å². The summed E-state index contributed by atoms with van der Waals surface area (Å²) in [4.78, 5) is 4.77. The lowest BCUT2D eigenvalue weighted by molar-refractivity contribution is 0.660. The number of rotatable bonds is 8. The van der Waals surface area contributed by atoms with Crippen LogP contribution >= 0.6 is 0 Å². The molecule has 0 aliphatic heterocycles. The molecule has 2 nitrogen and oxygen atoms in total. The Hall–Kier alpha value is -7.42. The molecule has 0 N–H and O–H groups in total. The largest absolute Gasteiger partial charge is 0.310 e. The number of hydrogen-bond acceptors (Lipinski definition) is 2. The van der Waals surface area contributed by atoms with Crippen LogP contribution in [0, 0.1) is 0 Å². The molecule has 0 saturated heterocycles. The van der Waals surface area contributed by atoms with Crippen molar-refractivity contribution in [3.8, 4) is 22.3 Å². The van der Waals surface area contributed by atoms with Gasteiger partial charge in [0.15, 0.2) is 0 Å². The third kappa shape index (κ3) is 6.17. The van der Waals surface area contributed by atoms with Gasteiger partial charge in [-0.2, -0.15) is 0 Å². The minimum Gasteiger partial charge on any atom is -0.310 e. The van der Waals surface area contributed by atoms with E-state index in [-0.39, 0.29) is 10.8 Å². The maximum Gasteiger partial charge on any atom is 0.0540 e. The molecule has 2 aliphatic carbocycles. The monoisotopic (exact) mass is 796 g/mol. The summed E-state index contributed by atoms with van der Waals surface area (Å²) in [6.07, 6.45) is 4.57. The maximum absolute atomic E-state index is 2.42. The number of fused-ring (bicyclic) bond motifs is 7. The molecule has 11 rings (SSSR count). The highest BCUT2D eigenvalue weighted by Crippen LogP contribution is 2.53. The average Bonchev–Trinajstić information content (AvgIpc) is 3.67. The normalized spacial score (nSPS) is 14.0. The number of benzene rings is 9. The lowest BCUT2D eigenvalue weighted by Gasteiger charge is -2.29. The van der Waals surface area contributed by atoms with Crippen LogP contribution in [0.1, 0.15) is 61.1 Å². The van der Waals surface area contributed by atoms with Crippen LogP contribution in [-0.2, 0) is 10.8 Å². The van der Waals surface area contributed by atoms with E-state index in [9.17, 15) is 0 Å². The summed E-state index contributed by atoms with van der Waals surface area (Å²) < 4.78 is 0. The molecule has 9 aromatic rings. The van der Waals surface area contributed by atoms with Crippen molar-refractivity contribution in [3.63, 3.8) is 0 Å². The molecule has 0 aromatic heterocycles. The summed E-state index contributed by atoms with van der Waals surface area (Å²) in [5.74, 6) is 0. The topological polar surface area (TPSA) is 6.48 Å². The Morgan fingerprint density at radius 1 is 0.323 bits per heavy atom. The third-order valence-corrected chi connectivity index (χ3v) is 13.4. The van der Waals surface area contributed by atoms with Crippen molar-refractivity contribution in [3.05, 3.63) is 240 Å². The quantitative estimate of drug-likeness (QED) is 0.141. The second-order valence-electron chi connectivity index (χ2n) is 17.8. The maximum atomic E-state index is 2.42. The van der Waals surface area contributed by atoms with E-state index in [1.54, 1.807) is 0 Å². The van der Waals surface area contributed by atoms with Gasteiger partial charge in [-0.1, -0.05) is 179 Å². The zero-order valence-corrected chi connectivity index (χ0v) is 35.7. The summed E-state index contributed by atoms with van der Waals surface area (Å²) in [7, 11) is 0. The second-order valence-corrected chi connectivity index (χ2v) is 17.8. The smallest absolute Gasteiger partial charge is 0.0540 e. The van der Waals surface area contributed by atoms with Crippen molar-refractivity contribution in [1.29, 1.82) is 0 Å². The lowest BCUT2D eigenvalue weighted by atomic mass is 9.81. The van der Waals surface area contributed by atoms with Gasteiger partial charge < -0.3 is 9.80 Å². The number of nitrogens with zero attached hydrogens (tertiary/aromatic N) is 2. The summed E-state index contributed by atoms with van der Waals surface area (Å²) >= 11 is 0. The number of para-hydroxylation sites is 3. The highest BCUT2D eigenvalue weighted by molar-refractivity contribution is 5.99.